The van der Waals surface area contributed by atoms with Crippen molar-refractivity contribution in [3.8, 4) is 5.75 Å². The molecule has 232 valence electrons. The highest BCUT2D eigenvalue weighted by Crippen LogP contribution is 2.30. The van der Waals surface area contributed by atoms with Gasteiger partial charge in [0.1, 0.15) is 11.8 Å². The van der Waals surface area contributed by atoms with Crippen molar-refractivity contribution >= 4 is 55.1 Å². The Kier molecular flexibility index (Phi) is 12.9. The van der Waals surface area contributed by atoms with E-state index >= 15 is 0 Å². The van der Waals surface area contributed by atoms with Gasteiger partial charge in [0.2, 0.25) is 21.8 Å². The molecule has 3 rings (SSSR count). The van der Waals surface area contributed by atoms with Crippen LogP contribution in [-0.2, 0) is 32.6 Å². The standard InChI is InChI=1S/C32H39BrClN3O5S/c1-5-23(2)35-32(39)29(20-24-10-7-6-8-11-24)36(22-25-13-15-26(33)16-14-25)31(38)12-9-19-37(43(4,40)41)27-17-18-30(42-3)28(34)21-27/h6-8,10-11,13-18,21,23,29H,5,9,12,19-20,22H2,1-4H3,(H,35,39)/t23-,29+/m1/s1. The van der Waals surface area contributed by atoms with Gasteiger partial charge in [0.05, 0.1) is 24.1 Å². The quantitative estimate of drug-likeness (QED) is 0.204. The number of nitrogens with zero attached hydrogens (tertiary/aromatic N) is 2. The van der Waals surface area contributed by atoms with Crippen LogP contribution in [0.25, 0.3) is 0 Å². The van der Waals surface area contributed by atoms with Gasteiger partial charge in [0, 0.05) is 36.4 Å². The van der Waals surface area contributed by atoms with Crippen LogP contribution in [0.15, 0.2) is 77.3 Å². The molecule has 3 aromatic rings. The first-order chi connectivity index (χ1) is 20.4. The summed E-state index contributed by atoms with van der Waals surface area (Å²) in [5.41, 5.74) is 2.18. The number of sulfonamides is 1. The number of hydrogen-bond donors (Lipinski definition) is 1. The number of benzene rings is 3. The van der Waals surface area contributed by atoms with Gasteiger partial charge < -0.3 is 15.0 Å². The first kappa shape index (κ1) is 34.4. The predicted octanol–water partition coefficient (Wildman–Crippen LogP) is 6.21. The molecule has 8 nitrogen and oxygen atoms in total. The molecular weight excluding hydrogens is 654 g/mol. The fourth-order valence-corrected chi connectivity index (χ4v) is 6.07. The molecule has 43 heavy (non-hydrogen) atoms. The van der Waals surface area contributed by atoms with Crippen LogP contribution < -0.4 is 14.4 Å². The lowest BCUT2D eigenvalue weighted by Crippen LogP contribution is -2.52. The molecule has 0 saturated carbocycles. The minimum absolute atomic E-state index is 0.0360. The normalized spacial score (nSPS) is 12.7. The number of rotatable bonds is 15. The molecule has 3 aromatic carbocycles. The van der Waals surface area contributed by atoms with Crippen molar-refractivity contribution < 1.29 is 22.7 Å². The highest BCUT2D eigenvalue weighted by Gasteiger charge is 2.31. The highest BCUT2D eigenvalue weighted by molar-refractivity contribution is 9.10. The number of ether oxygens (including phenoxy) is 1. The maximum absolute atomic E-state index is 13.9. The Morgan fingerprint density at radius 3 is 2.28 bits per heavy atom. The minimum atomic E-state index is -3.67. The molecule has 11 heteroatoms. The van der Waals surface area contributed by atoms with Gasteiger partial charge in [-0.05, 0) is 61.2 Å². The predicted molar refractivity (Wildman–Crippen MR) is 176 cm³/mol. The Labute approximate surface area is 268 Å². The molecule has 0 heterocycles. The van der Waals surface area contributed by atoms with Crippen LogP contribution in [0.2, 0.25) is 5.02 Å². The molecule has 2 atom stereocenters. The average molecular weight is 693 g/mol. The molecule has 0 aromatic heterocycles. The van der Waals surface area contributed by atoms with Gasteiger partial charge in [-0.15, -0.1) is 0 Å². The van der Waals surface area contributed by atoms with E-state index in [4.69, 9.17) is 16.3 Å². The summed E-state index contributed by atoms with van der Waals surface area (Å²) >= 11 is 9.72. The second kappa shape index (κ2) is 16.1. The van der Waals surface area contributed by atoms with Gasteiger partial charge in [0.15, 0.2) is 0 Å². The third kappa shape index (κ3) is 10.3. The van der Waals surface area contributed by atoms with Crippen molar-refractivity contribution in [1.82, 2.24) is 10.2 Å². The van der Waals surface area contributed by atoms with Crippen LogP contribution in [-0.4, -0.2) is 57.1 Å². The zero-order chi connectivity index (χ0) is 31.6. The van der Waals surface area contributed by atoms with E-state index in [0.29, 0.717) is 17.9 Å². The van der Waals surface area contributed by atoms with Crippen molar-refractivity contribution in [2.24, 2.45) is 0 Å². The summed E-state index contributed by atoms with van der Waals surface area (Å²) in [5, 5.41) is 3.34. The molecule has 0 bridgehead atoms. The Balaban J connectivity index is 1.89. The Morgan fingerprint density at radius 1 is 1.02 bits per heavy atom. The maximum atomic E-state index is 13.9. The molecular formula is C32H39BrClN3O5S. The van der Waals surface area contributed by atoms with Gasteiger partial charge in [-0.1, -0.05) is 76.9 Å². The minimum Gasteiger partial charge on any atom is -0.495 e. The number of hydrogen-bond acceptors (Lipinski definition) is 5. The van der Waals surface area contributed by atoms with E-state index in [-0.39, 0.29) is 48.8 Å². The summed E-state index contributed by atoms with van der Waals surface area (Å²) in [4.78, 5) is 29.2. The number of carbonyl (C=O) groups excluding carboxylic acids is 2. The molecule has 0 unspecified atom stereocenters. The number of nitrogens with one attached hydrogen (secondary N) is 1. The zero-order valence-electron chi connectivity index (χ0n) is 24.9. The first-order valence-corrected chi connectivity index (χ1v) is 17.1. The molecule has 0 spiro atoms. The van der Waals surface area contributed by atoms with Gasteiger partial charge in [-0.3, -0.25) is 13.9 Å². The number of anilines is 1. The molecule has 0 aliphatic heterocycles. The number of carbonyl (C=O) groups is 2. The summed E-state index contributed by atoms with van der Waals surface area (Å²) in [7, 11) is -2.19. The van der Waals surface area contributed by atoms with Crippen LogP contribution >= 0.6 is 27.5 Å². The second-order valence-electron chi connectivity index (χ2n) is 10.4. The van der Waals surface area contributed by atoms with Gasteiger partial charge in [-0.25, -0.2) is 8.42 Å². The molecule has 0 saturated heterocycles. The third-order valence-corrected chi connectivity index (χ3v) is 9.13. The van der Waals surface area contributed by atoms with E-state index in [1.807, 2.05) is 68.4 Å². The van der Waals surface area contributed by atoms with Crippen LogP contribution in [0.1, 0.15) is 44.2 Å². The van der Waals surface area contributed by atoms with E-state index in [0.717, 1.165) is 28.3 Å². The van der Waals surface area contributed by atoms with Crippen molar-refractivity contribution in [2.45, 2.75) is 58.2 Å². The monoisotopic (exact) mass is 691 g/mol. The summed E-state index contributed by atoms with van der Waals surface area (Å²) in [5.74, 6) is -0.0450. The Bertz CT molecular complexity index is 1470. The molecule has 0 radical (unpaired) electrons. The summed E-state index contributed by atoms with van der Waals surface area (Å²) < 4.78 is 32.7. The molecule has 2 amide bonds. The van der Waals surface area contributed by atoms with Crippen molar-refractivity contribution in [3.63, 3.8) is 0 Å². The molecule has 1 N–H and O–H groups in total. The van der Waals surface area contributed by atoms with Crippen LogP contribution in [0, 0.1) is 0 Å². The first-order valence-electron chi connectivity index (χ1n) is 14.1. The number of methoxy groups -OCH3 is 1. The van der Waals surface area contributed by atoms with E-state index in [1.165, 1.54) is 17.5 Å². The third-order valence-electron chi connectivity index (χ3n) is 7.11. The molecule has 0 aliphatic rings. The SMILES string of the molecule is CC[C@@H](C)NC(=O)[C@H](Cc1ccccc1)N(Cc1ccc(Br)cc1)C(=O)CCCN(c1ccc(OC)c(Cl)c1)S(C)(=O)=O. The zero-order valence-corrected chi connectivity index (χ0v) is 28.1. The highest BCUT2D eigenvalue weighted by atomic mass is 79.9. The lowest BCUT2D eigenvalue weighted by atomic mass is 10.0. The number of halogens is 2. The largest absolute Gasteiger partial charge is 0.495 e. The van der Waals surface area contributed by atoms with Gasteiger partial charge >= 0.3 is 0 Å². The van der Waals surface area contributed by atoms with E-state index in [2.05, 4.69) is 21.2 Å². The Morgan fingerprint density at radius 2 is 1.70 bits per heavy atom. The van der Waals surface area contributed by atoms with Crippen molar-refractivity contribution in [2.75, 3.05) is 24.2 Å². The maximum Gasteiger partial charge on any atom is 0.243 e. The summed E-state index contributed by atoms with van der Waals surface area (Å²) in [6, 6.07) is 21.1. The number of amides is 2. The van der Waals surface area contributed by atoms with E-state index < -0.39 is 16.1 Å². The smallest absolute Gasteiger partial charge is 0.243 e. The molecule has 0 aliphatic carbocycles. The second-order valence-corrected chi connectivity index (χ2v) is 13.7. The van der Waals surface area contributed by atoms with E-state index in [1.54, 1.807) is 17.0 Å². The molecule has 0 fully saturated rings. The summed E-state index contributed by atoms with van der Waals surface area (Å²) in [6.45, 7) is 4.21. The van der Waals surface area contributed by atoms with E-state index in [9.17, 15) is 18.0 Å². The van der Waals surface area contributed by atoms with Crippen LogP contribution in [0.5, 0.6) is 5.75 Å². The van der Waals surface area contributed by atoms with Crippen molar-refractivity contribution in [1.29, 1.82) is 0 Å². The van der Waals surface area contributed by atoms with Crippen LogP contribution in [0.4, 0.5) is 5.69 Å². The lowest BCUT2D eigenvalue weighted by Gasteiger charge is -2.32. The van der Waals surface area contributed by atoms with Crippen molar-refractivity contribution in [3.05, 3.63) is 93.4 Å². The van der Waals surface area contributed by atoms with Gasteiger partial charge in [-0.2, -0.15) is 0 Å². The average Bonchev–Trinajstić information content (AvgIpc) is 2.97. The topological polar surface area (TPSA) is 96.0 Å². The lowest BCUT2D eigenvalue weighted by molar-refractivity contribution is -0.141. The van der Waals surface area contributed by atoms with Crippen LogP contribution in [0.3, 0.4) is 0 Å². The van der Waals surface area contributed by atoms with Gasteiger partial charge in [0.25, 0.3) is 0 Å². The Hall–Kier alpha value is -3.08. The fourth-order valence-electron chi connectivity index (χ4n) is 4.60. The summed E-state index contributed by atoms with van der Waals surface area (Å²) in [6.07, 6.45) is 2.47. The fraction of sp³-hybridized carbons (Fsp3) is 0.375.